The third kappa shape index (κ3) is 4.14. The van der Waals surface area contributed by atoms with E-state index in [2.05, 4.69) is 23.8 Å². The summed E-state index contributed by atoms with van der Waals surface area (Å²) in [7, 11) is 0. The Hall–Kier alpha value is -1.16. The molecule has 0 aliphatic heterocycles. The first-order valence-electron chi connectivity index (χ1n) is 5.79. The molecule has 0 atom stereocenters. The van der Waals surface area contributed by atoms with Gasteiger partial charge in [0.2, 0.25) is 0 Å². The molecule has 0 saturated heterocycles. The highest BCUT2D eigenvalue weighted by molar-refractivity contribution is 5.17. The van der Waals surface area contributed by atoms with E-state index in [1.54, 1.807) is 6.20 Å². The van der Waals surface area contributed by atoms with Crippen LogP contribution in [0.4, 0.5) is 0 Å². The summed E-state index contributed by atoms with van der Waals surface area (Å²) in [6.45, 7) is 7.48. The second kappa shape index (κ2) is 6.43. The SMILES string of the molecule is Cc1nc(OCCCC(C)C)ncc1CN. The van der Waals surface area contributed by atoms with Crippen molar-refractivity contribution in [3.63, 3.8) is 0 Å². The molecule has 90 valence electrons. The van der Waals surface area contributed by atoms with Crippen molar-refractivity contribution in [2.45, 2.75) is 40.2 Å². The molecular formula is C12H21N3O. The van der Waals surface area contributed by atoms with Gasteiger partial charge in [0.1, 0.15) is 0 Å². The van der Waals surface area contributed by atoms with Gasteiger partial charge in [0.15, 0.2) is 0 Å². The number of ether oxygens (including phenoxy) is 1. The van der Waals surface area contributed by atoms with E-state index in [9.17, 15) is 0 Å². The molecule has 16 heavy (non-hydrogen) atoms. The Kier molecular flexibility index (Phi) is 5.19. The van der Waals surface area contributed by atoms with Crippen LogP contribution in [0.5, 0.6) is 6.01 Å². The van der Waals surface area contributed by atoms with Gasteiger partial charge in [-0.15, -0.1) is 0 Å². The van der Waals surface area contributed by atoms with Gasteiger partial charge in [-0.05, 0) is 25.7 Å². The predicted octanol–water partition coefficient (Wildman–Crippen LogP) is 2.06. The van der Waals surface area contributed by atoms with Crippen molar-refractivity contribution in [2.75, 3.05) is 6.61 Å². The van der Waals surface area contributed by atoms with Crippen LogP contribution < -0.4 is 10.5 Å². The van der Waals surface area contributed by atoms with Crippen LogP contribution in [-0.4, -0.2) is 16.6 Å². The molecular weight excluding hydrogens is 202 g/mol. The number of hydrogen-bond donors (Lipinski definition) is 1. The molecule has 0 unspecified atom stereocenters. The van der Waals surface area contributed by atoms with Gasteiger partial charge in [-0.2, -0.15) is 0 Å². The molecule has 0 aromatic carbocycles. The van der Waals surface area contributed by atoms with Crippen molar-refractivity contribution in [2.24, 2.45) is 11.7 Å². The van der Waals surface area contributed by atoms with Crippen LogP contribution in [0, 0.1) is 12.8 Å². The van der Waals surface area contributed by atoms with Crippen molar-refractivity contribution in [1.29, 1.82) is 0 Å². The van der Waals surface area contributed by atoms with Crippen LogP contribution in [-0.2, 0) is 6.54 Å². The Balaban J connectivity index is 2.40. The van der Waals surface area contributed by atoms with Gasteiger partial charge in [0, 0.05) is 24.0 Å². The molecule has 0 fully saturated rings. The van der Waals surface area contributed by atoms with Crippen molar-refractivity contribution in [3.05, 3.63) is 17.5 Å². The van der Waals surface area contributed by atoms with Gasteiger partial charge >= 0.3 is 6.01 Å². The Bertz CT molecular complexity index is 326. The van der Waals surface area contributed by atoms with E-state index in [1.807, 2.05) is 6.92 Å². The summed E-state index contributed by atoms with van der Waals surface area (Å²) in [6.07, 6.45) is 3.94. The van der Waals surface area contributed by atoms with Crippen LogP contribution in [0.15, 0.2) is 6.20 Å². The summed E-state index contributed by atoms with van der Waals surface area (Å²) < 4.78 is 5.47. The minimum atomic E-state index is 0.457. The summed E-state index contributed by atoms with van der Waals surface area (Å²) in [5.74, 6) is 0.714. The lowest BCUT2D eigenvalue weighted by Crippen LogP contribution is -2.06. The molecule has 2 N–H and O–H groups in total. The summed E-state index contributed by atoms with van der Waals surface area (Å²) in [6, 6.07) is 0.457. The fourth-order valence-corrected chi connectivity index (χ4v) is 1.40. The number of rotatable bonds is 6. The Morgan fingerprint density at radius 3 is 2.75 bits per heavy atom. The summed E-state index contributed by atoms with van der Waals surface area (Å²) in [5, 5.41) is 0. The molecule has 0 saturated carbocycles. The molecule has 4 heteroatoms. The molecule has 1 heterocycles. The quantitative estimate of drug-likeness (QED) is 0.750. The van der Waals surface area contributed by atoms with Crippen LogP contribution in [0.1, 0.15) is 37.9 Å². The highest BCUT2D eigenvalue weighted by atomic mass is 16.5. The smallest absolute Gasteiger partial charge is 0.316 e. The molecule has 1 aromatic rings. The lowest BCUT2D eigenvalue weighted by Gasteiger charge is -2.07. The second-order valence-corrected chi connectivity index (χ2v) is 4.35. The van der Waals surface area contributed by atoms with E-state index in [-0.39, 0.29) is 0 Å². The van der Waals surface area contributed by atoms with Gasteiger partial charge in [0.25, 0.3) is 0 Å². The average molecular weight is 223 g/mol. The lowest BCUT2D eigenvalue weighted by molar-refractivity contribution is 0.275. The number of aromatic nitrogens is 2. The minimum absolute atomic E-state index is 0.457. The maximum atomic E-state index is 5.53. The van der Waals surface area contributed by atoms with Crippen LogP contribution in [0.3, 0.4) is 0 Å². The van der Waals surface area contributed by atoms with Crippen LogP contribution >= 0.6 is 0 Å². The second-order valence-electron chi connectivity index (χ2n) is 4.35. The molecule has 0 aliphatic carbocycles. The molecule has 1 aromatic heterocycles. The molecule has 0 spiro atoms. The lowest BCUT2D eigenvalue weighted by atomic mass is 10.1. The molecule has 4 nitrogen and oxygen atoms in total. The molecule has 0 amide bonds. The monoisotopic (exact) mass is 223 g/mol. The Morgan fingerprint density at radius 2 is 2.19 bits per heavy atom. The Morgan fingerprint density at radius 1 is 1.44 bits per heavy atom. The first-order valence-corrected chi connectivity index (χ1v) is 5.79. The third-order valence-corrected chi connectivity index (χ3v) is 2.44. The van der Waals surface area contributed by atoms with E-state index in [0.29, 0.717) is 25.1 Å². The number of hydrogen-bond acceptors (Lipinski definition) is 4. The summed E-state index contributed by atoms with van der Waals surface area (Å²) >= 11 is 0. The highest BCUT2D eigenvalue weighted by Gasteiger charge is 2.02. The van der Waals surface area contributed by atoms with Gasteiger partial charge in [0.05, 0.1) is 6.61 Å². The third-order valence-electron chi connectivity index (χ3n) is 2.44. The number of nitrogens with zero attached hydrogens (tertiary/aromatic N) is 2. The minimum Gasteiger partial charge on any atom is -0.463 e. The van der Waals surface area contributed by atoms with E-state index in [1.165, 1.54) is 6.42 Å². The zero-order chi connectivity index (χ0) is 12.0. The van der Waals surface area contributed by atoms with Crippen LogP contribution in [0.25, 0.3) is 0 Å². The zero-order valence-electron chi connectivity index (χ0n) is 10.4. The first-order chi connectivity index (χ1) is 7.63. The topological polar surface area (TPSA) is 61.0 Å². The average Bonchev–Trinajstić information content (AvgIpc) is 2.24. The molecule has 0 radical (unpaired) electrons. The van der Waals surface area contributed by atoms with Gasteiger partial charge in [-0.3, -0.25) is 0 Å². The molecule has 0 bridgehead atoms. The first kappa shape index (κ1) is 12.9. The van der Waals surface area contributed by atoms with Gasteiger partial charge < -0.3 is 10.5 Å². The number of aryl methyl sites for hydroxylation is 1. The van der Waals surface area contributed by atoms with E-state index >= 15 is 0 Å². The van der Waals surface area contributed by atoms with E-state index in [4.69, 9.17) is 10.5 Å². The normalized spacial score (nSPS) is 10.8. The van der Waals surface area contributed by atoms with Gasteiger partial charge in [-0.1, -0.05) is 13.8 Å². The van der Waals surface area contributed by atoms with E-state index in [0.717, 1.165) is 17.7 Å². The highest BCUT2D eigenvalue weighted by Crippen LogP contribution is 2.09. The summed E-state index contributed by atoms with van der Waals surface area (Å²) in [4.78, 5) is 8.36. The Labute approximate surface area is 97.2 Å². The standard InChI is InChI=1S/C12H21N3O/c1-9(2)5-4-6-16-12-14-8-11(7-13)10(3)15-12/h8-9H,4-7,13H2,1-3H3. The molecule has 1 rings (SSSR count). The summed E-state index contributed by atoms with van der Waals surface area (Å²) in [5.41, 5.74) is 7.40. The number of nitrogens with two attached hydrogens (primary N) is 1. The maximum absolute atomic E-state index is 5.53. The van der Waals surface area contributed by atoms with E-state index < -0.39 is 0 Å². The van der Waals surface area contributed by atoms with Crippen LogP contribution in [0.2, 0.25) is 0 Å². The van der Waals surface area contributed by atoms with Crippen molar-refractivity contribution >= 4 is 0 Å². The van der Waals surface area contributed by atoms with Gasteiger partial charge in [-0.25, -0.2) is 9.97 Å². The maximum Gasteiger partial charge on any atom is 0.316 e. The van der Waals surface area contributed by atoms with Crippen molar-refractivity contribution < 1.29 is 4.74 Å². The predicted molar refractivity (Wildman–Crippen MR) is 64.2 cm³/mol. The van der Waals surface area contributed by atoms with Crippen molar-refractivity contribution in [1.82, 2.24) is 9.97 Å². The van der Waals surface area contributed by atoms with Crippen molar-refractivity contribution in [3.8, 4) is 6.01 Å². The zero-order valence-corrected chi connectivity index (χ0v) is 10.4. The fraction of sp³-hybridized carbons (Fsp3) is 0.667. The fourth-order valence-electron chi connectivity index (χ4n) is 1.40. The largest absolute Gasteiger partial charge is 0.463 e. The molecule has 0 aliphatic rings.